The van der Waals surface area contributed by atoms with Gasteiger partial charge in [-0.15, -0.1) is 13.2 Å². The van der Waals surface area contributed by atoms with E-state index in [2.05, 4.69) is 33.8 Å². The molecule has 1 aliphatic carbocycles. The molecule has 2 aromatic rings. The molecule has 164 valence electrons. The highest BCUT2D eigenvalue weighted by atomic mass is 19.4. The molecule has 0 bridgehead atoms. The Balaban J connectivity index is 1.72. The molecule has 0 amide bonds. The highest BCUT2D eigenvalue weighted by Crippen LogP contribution is 2.41. The standard InChI is InChI=1S/C20H25F3N4O3/c1-19(2)9-8-14(17(18(19)26-28-3)10-27-13-24-12-25-27)11-29-15-4-6-16(7-5-15)30-20(21,22)23/h4-7,12-14,17H,8-11H2,1-3H3/b26-18-/t14-,17-/m0/s1. The van der Waals surface area contributed by atoms with E-state index in [1.807, 2.05) is 0 Å². The largest absolute Gasteiger partial charge is 0.573 e. The maximum absolute atomic E-state index is 12.3. The quantitative estimate of drug-likeness (QED) is 0.617. The van der Waals surface area contributed by atoms with E-state index in [1.165, 1.54) is 37.7 Å². The third kappa shape index (κ3) is 5.64. The number of alkyl halides is 3. The summed E-state index contributed by atoms with van der Waals surface area (Å²) in [6, 6.07) is 5.39. The second-order valence-electron chi connectivity index (χ2n) is 7.90. The first-order valence-electron chi connectivity index (χ1n) is 9.60. The molecule has 0 N–H and O–H groups in total. The molecule has 0 spiro atoms. The summed E-state index contributed by atoms with van der Waals surface area (Å²) in [7, 11) is 1.53. The number of hydrogen-bond donors (Lipinski definition) is 0. The minimum Gasteiger partial charge on any atom is -0.493 e. The van der Waals surface area contributed by atoms with Crippen molar-refractivity contribution in [1.29, 1.82) is 0 Å². The molecule has 1 fully saturated rings. The van der Waals surface area contributed by atoms with Crippen LogP contribution < -0.4 is 9.47 Å². The van der Waals surface area contributed by atoms with Crippen molar-refractivity contribution in [3.05, 3.63) is 36.9 Å². The average molecular weight is 426 g/mol. The Bertz CT molecular complexity index is 836. The van der Waals surface area contributed by atoms with Crippen molar-refractivity contribution in [2.75, 3.05) is 13.7 Å². The van der Waals surface area contributed by atoms with Crippen LogP contribution in [0.3, 0.4) is 0 Å². The SMILES string of the molecule is CO/N=C1/[C@@H](Cn2cncn2)[C@H](COc2ccc(OC(F)(F)F)cc2)CCC1(C)C. The van der Waals surface area contributed by atoms with Gasteiger partial charge in [0.25, 0.3) is 0 Å². The first-order chi connectivity index (χ1) is 14.2. The Hall–Kier alpha value is -2.78. The molecule has 1 aromatic carbocycles. The van der Waals surface area contributed by atoms with Crippen molar-refractivity contribution < 1.29 is 27.5 Å². The summed E-state index contributed by atoms with van der Waals surface area (Å²) in [4.78, 5) is 9.13. The number of ether oxygens (including phenoxy) is 2. The number of halogens is 3. The molecule has 7 nitrogen and oxygen atoms in total. The zero-order valence-corrected chi connectivity index (χ0v) is 17.1. The van der Waals surface area contributed by atoms with Crippen molar-refractivity contribution in [2.45, 2.75) is 39.6 Å². The monoisotopic (exact) mass is 426 g/mol. The van der Waals surface area contributed by atoms with Gasteiger partial charge in [0, 0.05) is 17.3 Å². The normalized spacial score (nSPS) is 22.7. The topological polar surface area (TPSA) is 70.8 Å². The maximum Gasteiger partial charge on any atom is 0.573 e. The summed E-state index contributed by atoms with van der Waals surface area (Å²) in [5.41, 5.74) is 0.809. The van der Waals surface area contributed by atoms with Crippen LogP contribution >= 0.6 is 0 Å². The Morgan fingerprint density at radius 2 is 1.90 bits per heavy atom. The van der Waals surface area contributed by atoms with Gasteiger partial charge < -0.3 is 14.3 Å². The summed E-state index contributed by atoms with van der Waals surface area (Å²) in [6.45, 7) is 5.24. The number of oxime groups is 1. The summed E-state index contributed by atoms with van der Waals surface area (Å²) in [5.74, 6) is 0.331. The van der Waals surface area contributed by atoms with Crippen LogP contribution in [0.4, 0.5) is 13.2 Å². The van der Waals surface area contributed by atoms with E-state index in [0.717, 1.165) is 18.6 Å². The van der Waals surface area contributed by atoms with E-state index >= 15 is 0 Å². The molecule has 1 aliphatic rings. The van der Waals surface area contributed by atoms with E-state index in [4.69, 9.17) is 9.57 Å². The summed E-state index contributed by atoms with van der Waals surface area (Å²) < 4.78 is 48.5. The third-order valence-corrected chi connectivity index (χ3v) is 5.32. The van der Waals surface area contributed by atoms with Crippen LogP contribution in [0, 0.1) is 17.3 Å². The van der Waals surface area contributed by atoms with Gasteiger partial charge in [0.15, 0.2) is 0 Å². The fourth-order valence-electron chi connectivity index (χ4n) is 3.79. The fourth-order valence-corrected chi connectivity index (χ4v) is 3.79. The second kappa shape index (κ2) is 8.93. The molecule has 30 heavy (non-hydrogen) atoms. The van der Waals surface area contributed by atoms with Crippen molar-refractivity contribution >= 4 is 5.71 Å². The Labute approximate surface area is 172 Å². The maximum atomic E-state index is 12.3. The van der Waals surface area contributed by atoms with Gasteiger partial charge in [-0.25, -0.2) is 4.98 Å². The summed E-state index contributed by atoms with van der Waals surface area (Å²) >= 11 is 0. The van der Waals surface area contributed by atoms with Crippen LogP contribution in [0.2, 0.25) is 0 Å². The predicted molar refractivity (Wildman–Crippen MR) is 103 cm³/mol. The van der Waals surface area contributed by atoms with Crippen molar-refractivity contribution in [2.24, 2.45) is 22.4 Å². The van der Waals surface area contributed by atoms with Gasteiger partial charge in [0.2, 0.25) is 0 Å². The lowest BCUT2D eigenvalue weighted by molar-refractivity contribution is -0.274. The fraction of sp³-hybridized carbons (Fsp3) is 0.550. The van der Waals surface area contributed by atoms with Gasteiger partial charge in [-0.05, 0) is 37.1 Å². The van der Waals surface area contributed by atoms with Crippen molar-refractivity contribution in [1.82, 2.24) is 14.8 Å². The Kier molecular flexibility index (Phi) is 6.52. The zero-order chi connectivity index (χ0) is 21.8. The van der Waals surface area contributed by atoms with Gasteiger partial charge in [0.1, 0.15) is 31.3 Å². The predicted octanol–water partition coefficient (Wildman–Crippen LogP) is 4.31. The number of nitrogens with zero attached hydrogens (tertiary/aromatic N) is 4. The van der Waals surface area contributed by atoms with E-state index in [-0.39, 0.29) is 23.0 Å². The van der Waals surface area contributed by atoms with Crippen LogP contribution in [0.15, 0.2) is 42.1 Å². The number of hydrogen-bond acceptors (Lipinski definition) is 6. The first-order valence-corrected chi connectivity index (χ1v) is 9.60. The van der Waals surface area contributed by atoms with E-state index in [9.17, 15) is 13.2 Å². The number of rotatable bonds is 7. The lowest BCUT2D eigenvalue weighted by atomic mass is 9.65. The number of benzene rings is 1. The van der Waals surface area contributed by atoms with Crippen LogP contribution in [0.25, 0.3) is 0 Å². The van der Waals surface area contributed by atoms with Crippen LogP contribution in [-0.4, -0.2) is 40.6 Å². The Morgan fingerprint density at radius 1 is 1.20 bits per heavy atom. The first kappa shape index (κ1) is 21.9. The molecular weight excluding hydrogens is 401 g/mol. The van der Waals surface area contributed by atoms with E-state index in [1.54, 1.807) is 11.0 Å². The third-order valence-electron chi connectivity index (χ3n) is 5.32. The highest BCUT2D eigenvalue weighted by Gasteiger charge is 2.42. The minimum atomic E-state index is -4.72. The molecule has 1 saturated carbocycles. The van der Waals surface area contributed by atoms with Gasteiger partial charge in [0.05, 0.1) is 18.9 Å². The van der Waals surface area contributed by atoms with Crippen LogP contribution in [-0.2, 0) is 11.4 Å². The molecule has 0 saturated heterocycles. The minimum absolute atomic E-state index is 0.0169. The lowest BCUT2D eigenvalue weighted by Gasteiger charge is -2.41. The van der Waals surface area contributed by atoms with Crippen LogP contribution in [0.1, 0.15) is 26.7 Å². The van der Waals surface area contributed by atoms with Gasteiger partial charge in [-0.3, -0.25) is 4.68 Å². The van der Waals surface area contributed by atoms with Gasteiger partial charge >= 0.3 is 6.36 Å². The molecule has 0 aliphatic heterocycles. The highest BCUT2D eigenvalue weighted by molar-refractivity contribution is 5.92. The molecule has 2 atom stereocenters. The molecule has 1 aromatic heterocycles. The smallest absolute Gasteiger partial charge is 0.493 e. The zero-order valence-electron chi connectivity index (χ0n) is 17.1. The molecule has 3 rings (SSSR count). The molecule has 1 heterocycles. The van der Waals surface area contributed by atoms with E-state index < -0.39 is 6.36 Å². The lowest BCUT2D eigenvalue weighted by Crippen LogP contribution is -2.44. The average Bonchev–Trinajstić information content (AvgIpc) is 3.17. The molecule has 10 heteroatoms. The second-order valence-corrected chi connectivity index (χ2v) is 7.90. The van der Waals surface area contributed by atoms with Gasteiger partial charge in [-0.1, -0.05) is 19.0 Å². The van der Waals surface area contributed by atoms with Gasteiger partial charge in [-0.2, -0.15) is 5.10 Å². The van der Waals surface area contributed by atoms with Crippen molar-refractivity contribution in [3.63, 3.8) is 0 Å². The number of aromatic nitrogens is 3. The summed E-state index contributed by atoms with van der Waals surface area (Å²) in [5, 5.41) is 8.53. The molecule has 0 radical (unpaired) electrons. The van der Waals surface area contributed by atoms with Crippen molar-refractivity contribution in [3.8, 4) is 11.5 Å². The van der Waals surface area contributed by atoms with Crippen LogP contribution in [0.5, 0.6) is 11.5 Å². The molecular formula is C20H25F3N4O3. The van der Waals surface area contributed by atoms with E-state index in [0.29, 0.717) is 18.9 Å². The molecule has 0 unspecified atom stereocenters. The summed E-state index contributed by atoms with van der Waals surface area (Å²) in [6.07, 6.45) is 0.239. The Morgan fingerprint density at radius 3 is 2.50 bits per heavy atom.